The molecule has 0 spiro atoms. The average Bonchev–Trinajstić information content (AvgIpc) is 2.73. The standard InChI is InChI=1S/C24H39N5O2/c1-23(2)16-24(3,4)21(23)27-20(31)18-13-25-22(26-14-18)29-11-5-17(6-12-29)15-28-9-7-19(30)8-10-28/h13-14,17,19,21,30H,5-12,15-16H2,1-4H3,(H,27,31). The maximum Gasteiger partial charge on any atom is 0.254 e. The summed E-state index contributed by atoms with van der Waals surface area (Å²) >= 11 is 0. The van der Waals surface area contributed by atoms with Crippen LogP contribution in [0.3, 0.4) is 0 Å². The summed E-state index contributed by atoms with van der Waals surface area (Å²) in [5.41, 5.74) is 0.778. The molecule has 0 aromatic carbocycles. The van der Waals surface area contributed by atoms with Crippen molar-refractivity contribution in [2.24, 2.45) is 16.7 Å². The van der Waals surface area contributed by atoms with Gasteiger partial charge in [-0.05, 0) is 48.9 Å². The zero-order chi connectivity index (χ0) is 22.2. The first-order valence-electron chi connectivity index (χ1n) is 11.9. The van der Waals surface area contributed by atoms with Crippen molar-refractivity contribution in [1.29, 1.82) is 0 Å². The third-order valence-electron chi connectivity index (χ3n) is 7.62. The number of piperidine rings is 2. The Morgan fingerprint density at radius 3 is 2.16 bits per heavy atom. The van der Waals surface area contributed by atoms with E-state index in [1.165, 1.54) is 0 Å². The Morgan fingerprint density at radius 2 is 1.61 bits per heavy atom. The number of rotatable bonds is 5. The minimum absolute atomic E-state index is 0.0808. The fourth-order valence-electron chi connectivity index (χ4n) is 6.29. The number of aliphatic hydroxyl groups is 1. The lowest BCUT2D eigenvalue weighted by Crippen LogP contribution is -2.63. The van der Waals surface area contributed by atoms with Gasteiger partial charge in [0, 0.05) is 51.2 Å². The van der Waals surface area contributed by atoms with Crippen molar-refractivity contribution >= 4 is 11.9 Å². The maximum absolute atomic E-state index is 12.7. The van der Waals surface area contributed by atoms with Gasteiger partial charge in [0.1, 0.15) is 0 Å². The largest absolute Gasteiger partial charge is 0.393 e. The van der Waals surface area contributed by atoms with E-state index in [0.717, 1.165) is 70.8 Å². The molecule has 0 bridgehead atoms. The van der Waals surface area contributed by atoms with Crippen LogP contribution in [-0.2, 0) is 0 Å². The molecule has 1 saturated carbocycles. The highest BCUT2D eigenvalue weighted by atomic mass is 16.3. The molecule has 7 heteroatoms. The highest BCUT2D eigenvalue weighted by Crippen LogP contribution is 2.53. The highest BCUT2D eigenvalue weighted by molar-refractivity contribution is 5.94. The Labute approximate surface area is 186 Å². The van der Waals surface area contributed by atoms with Gasteiger partial charge in [0.25, 0.3) is 5.91 Å². The zero-order valence-electron chi connectivity index (χ0n) is 19.6. The van der Waals surface area contributed by atoms with Crippen LogP contribution in [0.2, 0.25) is 0 Å². The molecule has 172 valence electrons. The number of carbonyl (C=O) groups is 1. The number of aliphatic hydroxyl groups excluding tert-OH is 1. The number of nitrogens with one attached hydrogen (secondary N) is 1. The molecule has 1 aromatic rings. The van der Waals surface area contributed by atoms with E-state index in [1.54, 1.807) is 12.4 Å². The summed E-state index contributed by atoms with van der Waals surface area (Å²) in [4.78, 5) is 26.5. The Bertz CT molecular complexity index is 749. The molecule has 2 saturated heterocycles. The van der Waals surface area contributed by atoms with Crippen LogP contribution in [0.5, 0.6) is 0 Å². The van der Waals surface area contributed by atoms with E-state index in [4.69, 9.17) is 0 Å². The van der Waals surface area contributed by atoms with Crippen molar-refractivity contribution in [2.45, 2.75) is 71.9 Å². The van der Waals surface area contributed by atoms with Gasteiger partial charge in [-0.1, -0.05) is 27.7 Å². The van der Waals surface area contributed by atoms with Gasteiger partial charge in [0.15, 0.2) is 0 Å². The first kappa shape index (κ1) is 22.5. The van der Waals surface area contributed by atoms with Gasteiger partial charge in [0.2, 0.25) is 5.95 Å². The van der Waals surface area contributed by atoms with Crippen molar-refractivity contribution in [3.05, 3.63) is 18.0 Å². The molecule has 2 aliphatic heterocycles. The van der Waals surface area contributed by atoms with Crippen LogP contribution in [0.1, 0.15) is 70.2 Å². The number of nitrogens with zero attached hydrogens (tertiary/aromatic N) is 4. The Balaban J connectivity index is 1.26. The number of hydrogen-bond acceptors (Lipinski definition) is 6. The summed E-state index contributed by atoms with van der Waals surface area (Å²) in [6.45, 7) is 13.9. The number of amides is 1. The fraction of sp³-hybridized carbons (Fsp3) is 0.792. The van der Waals surface area contributed by atoms with E-state index in [2.05, 4.69) is 52.8 Å². The summed E-state index contributed by atoms with van der Waals surface area (Å²) in [5, 5.41) is 12.9. The molecule has 1 amide bonds. The van der Waals surface area contributed by atoms with Gasteiger partial charge in [-0.25, -0.2) is 9.97 Å². The molecule has 7 nitrogen and oxygen atoms in total. The lowest BCUT2D eigenvalue weighted by atomic mass is 9.52. The first-order chi connectivity index (χ1) is 14.6. The molecule has 0 unspecified atom stereocenters. The van der Waals surface area contributed by atoms with Gasteiger partial charge in [0.05, 0.1) is 11.7 Å². The van der Waals surface area contributed by atoms with Gasteiger partial charge < -0.3 is 20.2 Å². The predicted octanol–water partition coefficient (Wildman–Crippen LogP) is 2.70. The van der Waals surface area contributed by atoms with E-state index in [0.29, 0.717) is 11.5 Å². The van der Waals surface area contributed by atoms with E-state index >= 15 is 0 Å². The van der Waals surface area contributed by atoms with E-state index in [-0.39, 0.29) is 28.9 Å². The summed E-state index contributed by atoms with van der Waals surface area (Å²) in [6, 6.07) is 0.161. The van der Waals surface area contributed by atoms with Gasteiger partial charge in [-0.2, -0.15) is 0 Å². The molecule has 0 atom stereocenters. The van der Waals surface area contributed by atoms with Crippen LogP contribution < -0.4 is 10.2 Å². The first-order valence-corrected chi connectivity index (χ1v) is 11.9. The summed E-state index contributed by atoms with van der Waals surface area (Å²) in [7, 11) is 0. The van der Waals surface area contributed by atoms with Crippen LogP contribution in [-0.4, -0.2) is 70.8 Å². The van der Waals surface area contributed by atoms with Crippen LogP contribution >= 0.6 is 0 Å². The lowest BCUT2D eigenvalue weighted by Gasteiger charge is -2.57. The molecule has 3 fully saturated rings. The minimum Gasteiger partial charge on any atom is -0.393 e. The smallest absolute Gasteiger partial charge is 0.254 e. The second-order valence-electron chi connectivity index (χ2n) is 11.3. The Kier molecular flexibility index (Phi) is 6.28. The van der Waals surface area contributed by atoms with Crippen LogP contribution in [0.15, 0.2) is 12.4 Å². The molecular weight excluding hydrogens is 390 g/mol. The van der Waals surface area contributed by atoms with Crippen molar-refractivity contribution in [2.75, 3.05) is 37.6 Å². The van der Waals surface area contributed by atoms with Gasteiger partial charge >= 0.3 is 0 Å². The fourth-order valence-corrected chi connectivity index (χ4v) is 6.29. The van der Waals surface area contributed by atoms with Gasteiger partial charge in [-0.15, -0.1) is 0 Å². The Morgan fingerprint density at radius 1 is 1.03 bits per heavy atom. The molecule has 3 aliphatic rings. The third kappa shape index (κ3) is 5.03. The predicted molar refractivity (Wildman–Crippen MR) is 122 cm³/mol. The van der Waals surface area contributed by atoms with E-state index in [9.17, 15) is 9.90 Å². The monoisotopic (exact) mass is 429 g/mol. The van der Waals surface area contributed by atoms with E-state index < -0.39 is 0 Å². The second-order valence-corrected chi connectivity index (χ2v) is 11.3. The zero-order valence-corrected chi connectivity index (χ0v) is 19.6. The van der Waals surface area contributed by atoms with E-state index in [1.807, 2.05) is 0 Å². The minimum atomic E-state index is -0.105. The van der Waals surface area contributed by atoms with Crippen molar-refractivity contribution in [1.82, 2.24) is 20.2 Å². The molecular formula is C24H39N5O2. The van der Waals surface area contributed by atoms with Crippen molar-refractivity contribution < 1.29 is 9.90 Å². The molecule has 1 aliphatic carbocycles. The number of aromatic nitrogens is 2. The lowest BCUT2D eigenvalue weighted by molar-refractivity contribution is -0.0366. The topological polar surface area (TPSA) is 81.6 Å². The normalized spacial score (nSPS) is 25.3. The third-order valence-corrected chi connectivity index (χ3v) is 7.62. The van der Waals surface area contributed by atoms with Crippen LogP contribution in [0.4, 0.5) is 5.95 Å². The summed E-state index contributed by atoms with van der Waals surface area (Å²) in [6.07, 6.45) is 8.42. The molecule has 31 heavy (non-hydrogen) atoms. The van der Waals surface area contributed by atoms with Crippen molar-refractivity contribution in [3.8, 4) is 0 Å². The van der Waals surface area contributed by atoms with Crippen LogP contribution in [0.25, 0.3) is 0 Å². The molecule has 0 radical (unpaired) electrons. The molecule has 4 rings (SSSR count). The quantitative estimate of drug-likeness (QED) is 0.749. The SMILES string of the molecule is CC1(C)CC(C)(C)C1NC(=O)c1cnc(N2CCC(CN3CCC(O)CC3)CC2)nc1. The van der Waals surface area contributed by atoms with Crippen molar-refractivity contribution in [3.63, 3.8) is 0 Å². The number of likely N-dealkylation sites (tertiary alicyclic amines) is 1. The molecule has 3 heterocycles. The number of hydrogen-bond donors (Lipinski definition) is 2. The van der Waals surface area contributed by atoms with Gasteiger partial charge in [-0.3, -0.25) is 4.79 Å². The number of carbonyl (C=O) groups excluding carboxylic acids is 1. The summed E-state index contributed by atoms with van der Waals surface area (Å²) < 4.78 is 0. The summed E-state index contributed by atoms with van der Waals surface area (Å²) in [5.74, 6) is 1.34. The highest BCUT2D eigenvalue weighted by Gasteiger charge is 2.53. The second kappa shape index (κ2) is 8.66. The molecule has 1 aromatic heterocycles. The average molecular weight is 430 g/mol. The number of anilines is 1. The molecule has 2 N–H and O–H groups in total. The maximum atomic E-state index is 12.7. The van der Waals surface area contributed by atoms with Crippen LogP contribution in [0, 0.1) is 16.7 Å². The Hall–Kier alpha value is -1.73.